The quantitative estimate of drug-likeness (QED) is 0.792. The fourth-order valence-corrected chi connectivity index (χ4v) is 1.57. The maximum Gasteiger partial charge on any atom is 0.119 e. The lowest BCUT2D eigenvalue weighted by Gasteiger charge is -2.06. The molecule has 76 valence electrons. The number of ether oxygens (including phenoxy) is 1. The topological polar surface area (TPSA) is 22.1 Å². The summed E-state index contributed by atoms with van der Waals surface area (Å²) in [5.74, 6) is 0.869. The number of nitrogens with zero attached hydrogens (tertiary/aromatic N) is 1. The smallest absolute Gasteiger partial charge is 0.119 e. The van der Waals surface area contributed by atoms with Crippen molar-refractivity contribution in [2.24, 2.45) is 0 Å². The zero-order chi connectivity index (χ0) is 10.5. The van der Waals surface area contributed by atoms with E-state index in [-0.39, 0.29) is 0 Å². The molecular weight excluding hydrogens is 254 g/mol. The predicted octanol–water partition coefficient (Wildman–Crippen LogP) is 3.42. The van der Waals surface area contributed by atoms with E-state index in [4.69, 9.17) is 4.74 Å². The molecule has 15 heavy (non-hydrogen) atoms. The molecule has 2 nitrogen and oxygen atoms in total. The molecule has 0 fully saturated rings. The number of para-hydroxylation sites is 1. The van der Waals surface area contributed by atoms with E-state index in [1.807, 2.05) is 42.5 Å². The second-order valence-corrected chi connectivity index (χ2v) is 3.81. The molecule has 0 aliphatic carbocycles. The zero-order valence-corrected chi connectivity index (χ0v) is 9.65. The average molecular weight is 264 g/mol. The van der Waals surface area contributed by atoms with Gasteiger partial charge in [0, 0.05) is 11.8 Å². The van der Waals surface area contributed by atoms with Gasteiger partial charge < -0.3 is 4.74 Å². The molecule has 1 aromatic heterocycles. The molecule has 0 aliphatic rings. The lowest BCUT2D eigenvalue weighted by atomic mass is 10.3. The molecule has 0 N–H and O–H groups in total. The van der Waals surface area contributed by atoms with E-state index in [0.717, 1.165) is 15.9 Å². The van der Waals surface area contributed by atoms with Crippen LogP contribution in [0.4, 0.5) is 0 Å². The van der Waals surface area contributed by atoms with Crippen LogP contribution in [0.5, 0.6) is 5.75 Å². The lowest BCUT2D eigenvalue weighted by molar-refractivity contribution is 0.305. The second-order valence-electron chi connectivity index (χ2n) is 3.06. The Kier molecular flexibility index (Phi) is 3.35. The molecule has 0 spiro atoms. The molecule has 0 radical (unpaired) electrons. The molecule has 0 unspecified atom stereocenters. The highest BCUT2D eigenvalue weighted by molar-refractivity contribution is 9.10. The Hall–Kier alpha value is -1.35. The molecular formula is C12H10BrNO. The van der Waals surface area contributed by atoms with Crippen LogP contribution in [0.1, 0.15) is 5.56 Å². The van der Waals surface area contributed by atoms with Crippen molar-refractivity contribution < 1.29 is 4.74 Å². The van der Waals surface area contributed by atoms with Crippen LogP contribution in [0.3, 0.4) is 0 Å². The first-order chi connectivity index (χ1) is 7.36. The van der Waals surface area contributed by atoms with E-state index in [9.17, 15) is 0 Å². The highest BCUT2D eigenvalue weighted by Crippen LogP contribution is 2.16. The van der Waals surface area contributed by atoms with E-state index >= 15 is 0 Å². The Morgan fingerprint density at radius 2 is 1.87 bits per heavy atom. The standard InChI is InChI=1S/C12H10BrNO/c13-12-10(5-4-8-14-12)9-15-11-6-2-1-3-7-11/h1-8H,9H2. The third-order valence-electron chi connectivity index (χ3n) is 1.97. The summed E-state index contributed by atoms with van der Waals surface area (Å²) < 4.78 is 6.44. The van der Waals surface area contributed by atoms with E-state index in [1.54, 1.807) is 6.20 Å². The van der Waals surface area contributed by atoms with Gasteiger partial charge in [-0.1, -0.05) is 24.3 Å². The van der Waals surface area contributed by atoms with E-state index < -0.39 is 0 Å². The Morgan fingerprint density at radius 3 is 2.60 bits per heavy atom. The first-order valence-electron chi connectivity index (χ1n) is 4.63. The second kappa shape index (κ2) is 4.94. The van der Waals surface area contributed by atoms with Crippen LogP contribution in [-0.4, -0.2) is 4.98 Å². The van der Waals surface area contributed by atoms with E-state index in [1.165, 1.54) is 0 Å². The van der Waals surface area contributed by atoms with Crippen molar-refractivity contribution in [3.63, 3.8) is 0 Å². The summed E-state index contributed by atoms with van der Waals surface area (Å²) in [4.78, 5) is 4.13. The van der Waals surface area contributed by atoms with Gasteiger partial charge in [0.2, 0.25) is 0 Å². The van der Waals surface area contributed by atoms with Crippen LogP contribution in [0.15, 0.2) is 53.3 Å². The molecule has 0 saturated carbocycles. The molecule has 0 amide bonds. The normalized spacial score (nSPS) is 9.93. The monoisotopic (exact) mass is 263 g/mol. The molecule has 0 saturated heterocycles. The summed E-state index contributed by atoms with van der Waals surface area (Å²) in [5.41, 5.74) is 1.04. The Labute approximate surface area is 97.1 Å². The summed E-state index contributed by atoms with van der Waals surface area (Å²) >= 11 is 3.38. The molecule has 1 aromatic carbocycles. The zero-order valence-electron chi connectivity index (χ0n) is 8.06. The van der Waals surface area contributed by atoms with Crippen LogP contribution >= 0.6 is 15.9 Å². The van der Waals surface area contributed by atoms with Gasteiger partial charge in [0.1, 0.15) is 17.0 Å². The van der Waals surface area contributed by atoms with Crippen molar-refractivity contribution in [1.29, 1.82) is 0 Å². The van der Waals surface area contributed by atoms with Crippen molar-refractivity contribution in [1.82, 2.24) is 4.98 Å². The summed E-state index contributed by atoms with van der Waals surface area (Å²) in [6.45, 7) is 0.526. The van der Waals surface area contributed by atoms with Crippen LogP contribution < -0.4 is 4.74 Å². The highest BCUT2D eigenvalue weighted by Gasteiger charge is 2.00. The van der Waals surface area contributed by atoms with Gasteiger partial charge >= 0.3 is 0 Å². The molecule has 1 heterocycles. The van der Waals surface area contributed by atoms with Crippen molar-refractivity contribution in [2.45, 2.75) is 6.61 Å². The fourth-order valence-electron chi connectivity index (χ4n) is 1.20. The maximum atomic E-state index is 5.60. The molecule has 3 heteroatoms. The van der Waals surface area contributed by atoms with Crippen LogP contribution in [0.2, 0.25) is 0 Å². The van der Waals surface area contributed by atoms with Gasteiger partial charge in [-0.25, -0.2) is 4.98 Å². The van der Waals surface area contributed by atoms with Crippen LogP contribution in [0, 0.1) is 0 Å². The van der Waals surface area contributed by atoms with Gasteiger partial charge in [0.05, 0.1) is 0 Å². The Bertz CT molecular complexity index is 431. The number of hydrogen-bond acceptors (Lipinski definition) is 2. The molecule has 0 aliphatic heterocycles. The Morgan fingerprint density at radius 1 is 1.07 bits per heavy atom. The van der Waals surface area contributed by atoms with Crippen molar-refractivity contribution in [2.75, 3.05) is 0 Å². The molecule has 0 atom stereocenters. The van der Waals surface area contributed by atoms with E-state index in [0.29, 0.717) is 6.61 Å². The minimum atomic E-state index is 0.526. The fraction of sp³-hybridized carbons (Fsp3) is 0.0833. The number of aromatic nitrogens is 1. The van der Waals surface area contributed by atoms with Crippen molar-refractivity contribution in [3.05, 3.63) is 58.8 Å². The largest absolute Gasteiger partial charge is 0.489 e. The Balaban J connectivity index is 2.03. The number of halogens is 1. The van der Waals surface area contributed by atoms with Crippen LogP contribution in [-0.2, 0) is 6.61 Å². The molecule has 2 rings (SSSR count). The summed E-state index contributed by atoms with van der Waals surface area (Å²) in [6, 6.07) is 13.6. The maximum absolute atomic E-state index is 5.60. The average Bonchev–Trinajstić information content (AvgIpc) is 2.29. The van der Waals surface area contributed by atoms with Gasteiger partial charge in [-0.05, 0) is 34.1 Å². The van der Waals surface area contributed by atoms with Gasteiger partial charge in [0.25, 0.3) is 0 Å². The number of rotatable bonds is 3. The minimum Gasteiger partial charge on any atom is -0.489 e. The van der Waals surface area contributed by atoms with Gasteiger partial charge in [-0.15, -0.1) is 0 Å². The van der Waals surface area contributed by atoms with Crippen molar-refractivity contribution in [3.8, 4) is 5.75 Å². The van der Waals surface area contributed by atoms with E-state index in [2.05, 4.69) is 20.9 Å². The first kappa shape index (κ1) is 10.2. The minimum absolute atomic E-state index is 0.526. The predicted molar refractivity (Wildman–Crippen MR) is 62.7 cm³/mol. The number of pyridine rings is 1. The van der Waals surface area contributed by atoms with Gasteiger partial charge in [0.15, 0.2) is 0 Å². The summed E-state index contributed by atoms with van der Waals surface area (Å²) in [5, 5.41) is 0. The lowest BCUT2D eigenvalue weighted by Crippen LogP contribution is -1.96. The SMILES string of the molecule is Brc1ncccc1COc1ccccc1. The third-order valence-corrected chi connectivity index (χ3v) is 2.69. The van der Waals surface area contributed by atoms with Gasteiger partial charge in [-0.3, -0.25) is 0 Å². The molecule has 2 aromatic rings. The number of hydrogen-bond donors (Lipinski definition) is 0. The van der Waals surface area contributed by atoms with Gasteiger partial charge in [-0.2, -0.15) is 0 Å². The van der Waals surface area contributed by atoms with Crippen molar-refractivity contribution >= 4 is 15.9 Å². The third kappa shape index (κ3) is 2.80. The highest BCUT2D eigenvalue weighted by atomic mass is 79.9. The number of benzene rings is 1. The first-order valence-corrected chi connectivity index (χ1v) is 5.43. The molecule has 0 bridgehead atoms. The van der Waals surface area contributed by atoms with Crippen LogP contribution in [0.25, 0.3) is 0 Å². The summed E-state index contributed by atoms with van der Waals surface area (Å²) in [7, 11) is 0. The summed E-state index contributed by atoms with van der Waals surface area (Å²) in [6.07, 6.45) is 1.75.